The van der Waals surface area contributed by atoms with E-state index in [2.05, 4.69) is 28.9 Å². The van der Waals surface area contributed by atoms with Gasteiger partial charge in [-0.05, 0) is 37.8 Å². The number of hydrogen-bond acceptors (Lipinski definition) is 2. The van der Waals surface area contributed by atoms with E-state index in [-0.39, 0.29) is 0 Å². The molecule has 1 aliphatic heterocycles. The third-order valence-electron chi connectivity index (χ3n) is 3.01. The van der Waals surface area contributed by atoms with E-state index >= 15 is 0 Å². The Hall–Kier alpha value is -0.760. The smallest absolute Gasteiger partial charge is 0.128 e. The lowest BCUT2D eigenvalue weighted by Crippen LogP contribution is -2.30. The van der Waals surface area contributed by atoms with Gasteiger partial charge in [-0.1, -0.05) is 6.07 Å². The van der Waals surface area contributed by atoms with Crippen LogP contribution in [0.15, 0.2) is 18.3 Å². The fourth-order valence-electron chi connectivity index (χ4n) is 2.19. The second-order valence-corrected chi connectivity index (χ2v) is 4.54. The molecule has 0 amide bonds. The molecule has 2 heterocycles. The summed E-state index contributed by atoms with van der Waals surface area (Å²) in [4.78, 5) is 6.87. The molecule has 1 aromatic heterocycles. The van der Waals surface area contributed by atoms with Gasteiger partial charge >= 0.3 is 0 Å². The summed E-state index contributed by atoms with van der Waals surface area (Å²) in [7, 11) is 0. The van der Waals surface area contributed by atoms with Crippen LogP contribution in [0.5, 0.6) is 0 Å². The maximum atomic E-state index is 5.81. The summed E-state index contributed by atoms with van der Waals surface area (Å²) in [6, 6.07) is 4.83. The van der Waals surface area contributed by atoms with E-state index in [1.807, 2.05) is 6.20 Å². The molecule has 15 heavy (non-hydrogen) atoms. The van der Waals surface area contributed by atoms with Gasteiger partial charge < -0.3 is 4.90 Å². The fourth-order valence-corrected chi connectivity index (χ4v) is 2.45. The Balaban J connectivity index is 2.11. The molecule has 0 spiro atoms. The summed E-state index contributed by atoms with van der Waals surface area (Å²) in [5.74, 6) is 1.85. The number of anilines is 1. The first kappa shape index (κ1) is 10.7. The number of alkyl halides is 1. The van der Waals surface area contributed by atoms with Crippen LogP contribution < -0.4 is 4.90 Å². The molecule has 2 nitrogen and oxygen atoms in total. The lowest BCUT2D eigenvalue weighted by atomic mass is 10.1. The lowest BCUT2D eigenvalue weighted by Gasteiger charge is -2.25. The van der Waals surface area contributed by atoms with Crippen molar-refractivity contribution in [1.29, 1.82) is 0 Å². The maximum Gasteiger partial charge on any atom is 0.128 e. The second kappa shape index (κ2) is 4.84. The number of halogens is 1. The highest BCUT2D eigenvalue weighted by Crippen LogP contribution is 2.25. The maximum absolute atomic E-state index is 5.81. The van der Waals surface area contributed by atoms with Crippen LogP contribution in [0, 0.1) is 6.92 Å². The van der Waals surface area contributed by atoms with Crippen molar-refractivity contribution in [3.05, 3.63) is 23.9 Å². The van der Waals surface area contributed by atoms with Gasteiger partial charge in [0.05, 0.1) is 0 Å². The van der Waals surface area contributed by atoms with Crippen molar-refractivity contribution in [1.82, 2.24) is 4.98 Å². The van der Waals surface area contributed by atoms with Gasteiger partial charge in [0.25, 0.3) is 0 Å². The molecule has 0 N–H and O–H groups in total. The summed E-state index contributed by atoms with van der Waals surface area (Å²) in [5, 5.41) is 0. The number of rotatable bonds is 3. The lowest BCUT2D eigenvalue weighted by molar-refractivity contribution is 0.644. The summed E-state index contributed by atoms with van der Waals surface area (Å²) in [6.07, 6.45) is 5.52. The van der Waals surface area contributed by atoms with Gasteiger partial charge in [0.2, 0.25) is 0 Å². The van der Waals surface area contributed by atoms with Crippen LogP contribution in [0.1, 0.15) is 24.8 Å². The topological polar surface area (TPSA) is 16.1 Å². The SMILES string of the molecule is Cc1ccc(N2CCCC2CCCl)nc1. The highest BCUT2D eigenvalue weighted by Gasteiger charge is 2.24. The Morgan fingerprint density at radius 2 is 2.40 bits per heavy atom. The fraction of sp³-hybridized carbons (Fsp3) is 0.583. The van der Waals surface area contributed by atoms with E-state index in [4.69, 9.17) is 11.6 Å². The van der Waals surface area contributed by atoms with Gasteiger partial charge in [0.1, 0.15) is 5.82 Å². The molecule has 0 radical (unpaired) electrons. The standard InChI is InChI=1S/C12H17ClN2/c1-10-4-5-12(14-9-10)15-8-2-3-11(15)6-7-13/h4-5,9,11H,2-3,6-8H2,1H3. The van der Waals surface area contributed by atoms with Gasteiger partial charge in [0.15, 0.2) is 0 Å². The third-order valence-corrected chi connectivity index (χ3v) is 3.23. The zero-order valence-corrected chi connectivity index (χ0v) is 9.87. The minimum atomic E-state index is 0.595. The molecule has 0 saturated carbocycles. The molecule has 1 fully saturated rings. The van der Waals surface area contributed by atoms with Crippen molar-refractivity contribution in [3.63, 3.8) is 0 Å². The van der Waals surface area contributed by atoms with Crippen molar-refractivity contribution >= 4 is 17.4 Å². The highest BCUT2D eigenvalue weighted by atomic mass is 35.5. The summed E-state index contributed by atoms with van der Waals surface area (Å²) < 4.78 is 0. The van der Waals surface area contributed by atoms with E-state index in [1.54, 1.807) is 0 Å². The zero-order valence-electron chi connectivity index (χ0n) is 9.12. The van der Waals surface area contributed by atoms with Crippen molar-refractivity contribution in [3.8, 4) is 0 Å². The highest BCUT2D eigenvalue weighted by molar-refractivity contribution is 6.17. The van der Waals surface area contributed by atoms with E-state index in [9.17, 15) is 0 Å². The van der Waals surface area contributed by atoms with Crippen LogP contribution in [-0.4, -0.2) is 23.5 Å². The van der Waals surface area contributed by atoms with Gasteiger partial charge in [-0.3, -0.25) is 0 Å². The van der Waals surface area contributed by atoms with Crippen molar-refractivity contribution in [2.75, 3.05) is 17.3 Å². The molecule has 1 unspecified atom stereocenters. The number of hydrogen-bond donors (Lipinski definition) is 0. The quantitative estimate of drug-likeness (QED) is 0.734. The molecule has 0 bridgehead atoms. The Morgan fingerprint density at radius 3 is 3.07 bits per heavy atom. The van der Waals surface area contributed by atoms with Crippen LogP contribution in [0.25, 0.3) is 0 Å². The van der Waals surface area contributed by atoms with Gasteiger partial charge in [-0.15, -0.1) is 11.6 Å². The molecular formula is C12H17ClN2. The number of aryl methyl sites for hydroxylation is 1. The average Bonchev–Trinajstić information content (AvgIpc) is 2.68. The predicted molar refractivity (Wildman–Crippen MR) is 64.7 cm³/mol. The minimum absolute atomic E-state index is 0.595. The largest absolute Gasteiger partial charge is 0.354 e. The number of pyridine rings is 1. The Kier molecular flexibility index (Phi) is 3.47. The molecule has 2 rings (SSSR count). The van der Waals surface area contributed by atoms with Crippen LogP contribution in [-0.2, 0) is 0 Å². The first-order chi connectivity index (χ1) is 7.31. The molecule has 82 valence electrons. The van der Waals surface area contributed by atoms with E-state index < -0.39 is 0 Å². The molecule has 1 aromatic rings. The first-order valence-electron chi connectivity index (χ1n) is 5.56. The minimum Gasteiger partial charge on any atom is -0.354 e. The van der Waals surface area contributed by atoms with E-state index in [1.165, 1.54) is 18.4 Å². The molecule has 1 atom stereocenters. The van der Waals surface area contributed by atoms with E-state index in [0.29, 0.717) is 6.04 Å². The molecular weight excluding hydrogens is 208 g/mol. The number of nitrogens with zero attached hydrogens (tertiary/aromatic N) is 2. The monoisotopic (exact) mass is 224 g/mol. The first-order valence-corrected chi connectivity index (χ1v) is 6.10. The number of aromatic nitrogens is 1. The summed E-state index contributed by atoms with van der Waals surface area (Å²) >= 11 is 5.81. The molecule has 3 heteroatoms. The predicted octanol–water partition coefficient (Wildman–Crippen LogP) is 2.99. The van der Waals surface area contributed by atoms with Gasteiger partial charge in [0, 0.05) is 24.7 Å². The average molecular weight is 225 g/mol. The Labute approximate surface area is 96.3 Å². The van der Waals surface area contributed by atoms with Crippen LogP contribution in [0.3, 0.4) is 0 Å². The zero-order chi connectivity index (χ0) is 10.7. The van der Waals surface area contributed by atoms with Crippen LogP contribution >= 0.6 is 11.6 Å². The van der Waals surface area contributed by atoms with Gasteiger partial charge in [-0.2, -0.15) is 0 Å². The van der Waals surface area contributed by atoms with Crippen molar-refractivity contribution < 1.29 is 0 Å². The van der Waals surface area contributed by atoms with Crippen LogP contribution in [0.2, 0.25) is 0 Å². The molecule has 0 aromatic carbocycles. The molecule has 1 saturated heterocycles. The second-order valence-electron chi connectivity index (χ2n) is 4.16. The van der Waals surface area contributed by atoms with Crippen LogP contribution in [0.4, 0.5) is 5.82 Å². The van der Waals surface area contributed by atoms with Crippen molar-refractivity contribution in [2.24, 2.45) is 0 Å². The molecule has 0 aliphatic carbocycles. The summed E-state index contributed by atoms with van der Waals surface area (Å²) in [5.41, 5.74) is 1.21. The summed E-state index contributed by atoms with van der Waals surface area (Å²) in [6.45, 7) is 3.19. The Bertz CT molecular complexity index is 310. The van der Waals surface area contributed by atoms with E-state index in [0.717, 1.165) is 24.7 Å². The molecule has 1 aliphatic rings. The van der Waals surface area contributed by atoms with Gasteiger partial charge in [-0.25, -0.2) is 4.98 Å². The Morgan fingerprint density at radius 1 is 1.53 bits per heavy atom. The third kappa shape index (κ3) is 2.43. The normalized spacial score (nSPS) is 20.9. The van der Waals surface area contributed by atoms with Crippen molar-refractivity contribution in [2.45, 2.75) is 32.2 Å².